The van der Waals surface area contributed by atoms with Crippen molar-refractivity contribution in [3.05, 3.63) is 36.2 Å². The number of rotatable bonds is 6. The Labute approximate surface area is 189 Å². The van der Waals surface area contributed by atoms with Gasteiger partial charge >= 0.3 is 6.18 Å². The number of anilines is 2. The lowest BCUT2D eigenvalue weighted by atomic mass is 9.97. The minimum Gasteiger partial charge on any atom is -0.395 e. The van der Waals surface area contributed by atoms with Gasteiger partial charge in [-0.25, -0.2) is 4.98 Å². The molecule has 2 bridgehead atoms. The van der Waals surface area contributed by atoms with Crippen molar-refractivity contribution in [1.82, 2.24) is 14.9 Å². The highest BCUT2D eigenvalue weighted by Gasteiger charge is 2.40. The molecule has 2 aliphatic heterocycles. The molecule has 2 fully saturated rings. The molecular weight excluding hydrogens is 433 g/mol. The number of nitrogens with two attached hydrogens (primary N) is 1. The second-order valence-corrected chi connectivity index (χ2v) is 8.41. The van der Waals surface area contributed by atoms with Crippen molar-refractivity contribution >= 4 is 28.4 Å². The predicted octanol–water partition coefficient (Wildman–Crippen LogP) is 3.74. The Morgan fingerprint density at radius 3 is 2.73 bits per heavy atom. The Bertz CT molecular complexity index is 1090. The summed E-state index contributed by atoms with van der Waals surface area (Å²) in [6.07, 6.45) is 2.01. The highest BCUT2D eigenvalue weighted by Crippen LogP contribution is 2.37. The number of aromatic nitrogens is 2. The molecule has 2 aliphatic rings. The van der Waals surface area contributed by atoms with Crippen molar-refractivity contribution in [3.8, 4) is 6.07 Å². The summed E-state index contributed by atoms with van der Waals surface area (Å²) in [6, 6.07) is 8.50. The topological polar surface area (TPSA) is 127 Å². The van der Waals surface area contributed by atoms with Crippen molar-refractivity contribution in [2.45, 2.75) is 56.4 Å². The molecule has 0 aromatic carbocycles. The zero-order valence-electron chi connectivity index (χ0n) is 17.9. The largest absolute Gasteiger partial charge is 0.430 e. The van der Waals surface area contributed by atoms with Crippen molar-refractivity contribution in [2.24, 2.45) is 5.73 Å². The van der Waals surface area contributed by atoms with Gasteiger partial charge in [0.25, 0.3) is 0 Å². The van der Waals surface area contributed by atoms with Crippen LogP contribution in [0.2, 0.25) is 0 Å². The SMILES string of the molecule is N#CCCN1[C@@H]2CC[C@H]1C[C@H](Nc1nc(NC(=N)/C=C(\N)C(F)(F)F)cc3ncccc13)C2. The monoisotopic (exact) mass is 458 g/mol. The molecule has 2 aromatic heterocycles. The molecule has 0 amide bonds. The summed E-state index contributed by atoms with van der Waals surface area (Å²) in [5.74, 6) is 0.246. The number of pyridine rings is 2. The highest BCUT2D eigenvalue weighted by atomic mass is 19.4. The molecule has 0 aliphatic carbocycles. The second kappa shape index (κ2) is 9.23. The Balaban J connectivity index is 1.53. The van der Waals surface area contributed by atoms with E-state index in [2.05, 4.69) is 31.6 Å². The molecule has 0 spiro atoms. The molecule has 8 nitrogen and oxygen atoms in total. The Morgan fingerprint density at radius 1 is 1.33 bits per heavy atom. The van der Waals surface area contributed by atoms with E-state index in [1.165, 1.54) is 0 Å². The van der Waals surface area contributed by atoms with E-state index in [4.69, 9.17) is 16.4 Å². The van der Waals surface area contributed by atoms with E-state index in [1.807, 2.05) is 6.07 Å². The van der Waals surface area contributed by atoms with E-state index in [1.54, 1.807) is 18.3 Å². The van der Waals surface area contributed by atoms with Crippen LogP contribution in [0.15, 0.2) is 36.2 Å². The van der Waals surface area contributed by atoms with E-state index in [0.717, 1.165) is 37.6 Å². The van der Waals surface area contributed by atoms with Gasteiger partial charge in [-0.05, 0) is 37.8 Å². The number of amidine groups is 1. The highest BCUT2D eigenvalue weighted by molar-refractivity contribution is 6.03. The molecule has 0 unspecified atom stereocenters. The van der Waals surface area contributed by atoms with Gasteiger partial charge in [-0.2, -0.15) is 18.4 Å². The maximum absolute atomic E-state index is 12.7. The zero-order chi connectivity index (χ0) is 23.6. The number of allylic oxidation sites excluding steroid dienone is 1. The molecule has 2 saturated heterocycles. The van der Waals surface area contributed by atoms with E-state index in [0.29, 0.717) is 35.9 Å². The molecule has 2 aromatic rings. The normalized spacial score (nSPS) is 23.3. The van der Waals surface area contributed by atoms with Crippen LogP contribution in [0.1, 0.15) is 32.1 Å². The summed E-state index contributed by atoms with van der Waals surface area (Å²) >= 11 is 0. The van der Waals surface area contributed by atoms with Gasteiger partial charge in [0, 0.05) is 54.8 Å². The predicted molar refractivity (Wildman–Crippen MR) is 120 cm³/mol. The molecule has 174 valence electrons. The number of nitrogens with one attached hydrogen (secondary N) is 3. The van der Waals surface area contributed by atoms with Crippen molar-refractivity contribution < 1.29 is 13.2 Å². The molecule has 33 heavy (non-hydrogen) atoms. The van der Waals surface area contributed by atoms with Crippen LogP contribution in [0, 0.1) is 16.7 Å². The maximum atomic E-state index is 12.7. The third-order valence-corrected chi connectivity index (χ3v) is 6.20. The molecule has 4 rings (SSSR count). The van der Waals surface area contributed by atoms with Crippen LogP contribution in [-0.4, -0.2) is 51.6 Å². The third-order valence-electron chi connectivity index (χ3n) is 6.20. The zero-order valence-corrected chi connectivity index (χ0v) is 17.9. The standard InChI is InChI=1S/C22H25F3N8/c23-22(24,25)18(27)12-19(28)31-20-11-17-16(3-1-7-29-17)21(32-20)30-13-9-14-4-5-15(10-13)33(14)8-2-6-26/h1,3,7,11-15H,2,4-5,8-10,27H2,(H3,28,30,31,32)/b18-12-/t13-,14-,15+. The van der Waals surface area contributed by atoms with E-state index in [9.17, 15) is 13.2 Å². The first-order valence-electron chi connectivity index (χ1n) is 10.8. The van der Waals surface area contributed by atoms with Crippen LogP contribution < -0.4 is 16.4 Å². The number of hydrogen-bond acceptors (Lipinski definition) is 7. The average molecular weight is 458 g/mol. The number of fused-ring (bicyclic) bond motifs is 3. The van der Waals surface area contributed by atoms with Gasteiger partial charge in [0.2, 0.25) is 0 Å². The van der Waals surface area contributed by atoms with Crippen LogP contribution >= 0.6 is 0 Å². The fourth-order valence-corrected chi connectivity index (χ4v) is 4.79. The molecule has 3 atom stereocenters. The van der Waals surface area contributed by atoms with Gasteiger partial charge in [0.15, 0.2) is 0 Å². The van der Waals surface area contributed by atoms with Crippen LogP contribution in [-0.2, 0) is 0 Å². The molecule has 11 heteroatoms. The van der Waals surface area contributed by atoms with Crippen LogP contribution in [0.5, 0.6) is 0 Å². The molecular formula is C22H25F3N8. The van der Waals surface area contributed by atoms with Crippen molar-refractivity contribution in [2.75, 3.05) is 17.2 Å². The lowest BCUT2D eigenvalue weighted by molar-refractivity contribution is -0.0925. The van der Waals surface area contributed by atoms with E-state index in [-0.39, 0.29) is 11.9 Å². The van der Waals surface area contributed by atoms with E-state index >= 15 is 0 Å². The van der Waals surface area contributed by atoms with Crippen molar-refractivity contribution in [3.63, 3.8) is 0 Å². The van der Waals surface area contributed by atoms with Gasteiger partial charge in [0.1, 0.15) is 23.2 Å². The molecule has 0 radical (unpaired) electrons. The van der Waals surface area contributed by atoms with Gasteiger partial charge in [-0.3, -0.25) is 15.3 Å². The smallest absolute Gasteiger partial charge is 0.395 e. The summed E-state index contributed by atoms with van der Waals surface area (Å²) in [5.41, 5.74) is 4.25. The number of nitrogens with zero attached hydrogens (tertiary/aromatic N) is 4. The number of piperidine rings is 1. The number of hydrogen-bond donors (Lipinski definition) is 4. The van der Waals surface area contributed by atoms with Gasteiger partial charge in [-0.1, -0.05) is 0 Å². The van der Waals surface area contributed by atoms with Crippen molar-refractivity contribution in [1.29, 1.82) is 10.7 Å². The Morgan fingerprint density at radius 2 is 2.06 bits per heavy atom. The second-order valence-electron chi connectivity index (χ2n) is 8.41. The average Bonchev–Trinajstić information content (AvgIpc) is 2.99. The van der Waals surface area contributed by atoms with Gasteiger partial charge in [0.05, 0.1) is 11.6 Å². The fourth-order valence-electron chi connectivity index (χ4n) is 4.79. The van der Waals surface area contributed by atoms with Gasteiger partial charge in [-0.15, -0.1) is 0 Å². The molecule has 0 saturated carbocycles. The maximum Gasteiger partial charge on any atom is 0.430 e. The number of alkyl halides is 3. The first kappa shape index (κ1) is 22.8. The summed E-state index contributed by atoms with van der Waals surface area (Å²) in [5, 5.41) is 23.6. The Kier molecular flexibility index (Phi) is 6.37. The van der Waals surface area contributed by atoms with Gasteiger partial charge < -0.3 is 16.4 Å². The minimum atomic E-state index is -4.71. The van der Waals surface area contributed by atoms with Crippen LogP contribution in [0.4, 0.5) is 24.8 Å². The molecule has 5 N–H and O–H groups in total. The van der Waals surface area contributed by atoms with E-state index < -0.39 is 17.7 Å². The number of nitriles is 1. The third kappa shape index (κ3) is 5.17. The fraction of sp³-hybridized carbons (Fsp3) is 0.455. The summed E-state index contributed by atoms with van der Waals surface area (Å²) in [7, 11) is 0. The quantitative estimate of drug-likeness (QED) is 0.384. The summed E-state index contributed by atoms with van der Waals surface area (Å²) < 4.78 is 38.0. The first-order chi connectivity index (χ1) is 15.7. The first-order valence-corrected chi connectivity index (χ1v) is 10.8. The number of halogens is 3. The van der Waals surface area contributed by atoms with Crippen LogP contribution in [0.3, 0.4) is 0 Å². The van der Waals surface area contributed by atoms with Crippen LogP contribution in [0.25, 0.3) is 10.9 Å². The lowest BCUT2D eigenvalue weighted by Gasteiger charge is -2.39. The summed E-state index contributed by atoms with van der Waals surface area (Å²) in [6.45, 7) is 0.791. The Hall–Kier alpha value is -3.39. The summed E-state index contributed by atoms with van der Waals surface area (Å²) in [4.78, 5) is 11.3. The minimum absolute atomic E-state index is 0.173. The molecule has 4 heterocycles. The lowest BCUT2D eigenvalue weighted by Crippen LogP contribution is -2.47.